The first-order chi connectivity index (χ1) is 17.4. The Labute approximate surface area is 225 Å². The molecule has 1 N–H and O–H groups in total. The van der Waals surface area contributed by atoms with Crippen molar-refractivity contribution in [3.8, 4) is 5.75 Å². The summed E-state index contributed by atoms with van der Waals surface area (Å²) >= 11 is 10.1. The summed E-state index contributed by atoms with van der Waals surface area (Å²) in [5.74, 6) is 0.874. The lowest BCUT2D eigenvalue weighted by molar-refractivity contribution is -0.141. The average Bonchev–Trinajstić information content (AvgIpc) is 3.39. The number of aliphatic carboxylic acids is 1. The molecule has 0 spiro atoms. The number of methoxy groups -OCH3 is 1. The Hall–Kier alpha value is -1.87. The molecule has 1 aliphatic rings. The molecule has 3 aromatic rings. The van der Waals surface area contributed by atoms with Crippen LogP contribution < -0.4 is 4.74 Å². The van der Waals surface area contributed by atoms with E-state index in [0.717, 1.165) is 44.6 Å². The van der Waals surface area contributed by atoms with E-state index in [-0.39, 0.29) is 17.9 Å². The highest BCUT2D eigenvalue weighted by Crippen LogP contribution is 2.44. The van der Waals surface area contributed by atoms with Crippen molar-refractivity contribution in [1.29, 1.82) is 0 Å². The first-order valence-electron chi connectivity index (χ1n) is 12.3. The summed E-state index contributed by atoms with van der Waals surface area (Å²) in [6, 6.07) is 9.56. The lowest BCUT2D eigenvalue weighted by Crippen LogP contribution is -2.41. The standard InChI is InChI=1S/C27H32ClFN2O3S2/c1-34-19-5-6-23-20(16-19)26(21(28)18-30-23)22(29)7-8-27(17-24(32)33)9-12-31(13-10-27)11-3-15-36-25-4-2-14-35-25/h2,4-6,14,16,18,22H,3,7-13,15,17H2,1H3,(H,32,33)/t22-/m0/s1. The van der Waals surface area contributed by atoms with E-state index in [1.165, 1.54) is 10.4 Å². The predicted octanol–water partition coefficient (Wildman–Crippen LogP) is 7.49. The predicted molar refractivity (Wildman–Crippen MR) is 146 cm³/mol. The minimum atomic E-state index is -1.31. The molecule has 0 radical (unpaired) electrons. The zero-order valence-electron chi connectivity index (χ0n) is 20.4. The molecule has 1 atom stereocenters. The maximum absolute atomic E-state index is 15.7. The van der Waals surface area contributed by atoms with Gasteiger partial charge in [0.15, 0.2) is 0 Å². The fourth-order valence-corrected chi connectivity index (χ4v) is 7.14. The topological polar surface area (TPSA) is 62.7 Å². The second-order valence-electron chi connectivity index (χ2n) is 9.46. The van der Waals surface area contributed by atoms with E-state index in [1.54, 1.807) is 36.6 Å². The molecule has 1 fully saturated rings. The second-order valence-corrected chi connectivity index (χ2v) is 12.2. The van der Waals surface area contributed by atoms with E-state index in [0.29, 0.717) is 28.6 Å². The Kier molecular flexibility index (Phi) is 9.50. The van der Waals surface area contributed by atoms with Crippen molar-refractivity contribution in [2.75, 3.05) is 32.5 Å². The summed E-state index contributed by atoms with van der Waals surface area (Å²) in [7, 11) is 1.57. The minimum Gasteiger partial charge on any atom is -0.497 e. The molecule has 2 aromatic heterocycles. The molecule has 0 aliphatic carbocycles. The van der Waals surface area contributed by atoms with E-state index in [1.807, 2.05) is 11.8 Å². The fourth-order valence-electron chi connectivity index (χ4n) is 5.08. The molecule has 3 heterocycles. The molecule has 0 saturated carbocycles. The molecular weight excluding hydrogens is 519 g/mol. The van der Waals surface area contributed by atoms with Crippen molar-refractivity contribution in [3.05, 3.63) is 52.5 Å². The normalized spacial score (nSPS) is 16.8. The maximum Gasteiger partial charge on any atom is 0.303 e. The average molecular weight is 551 g/mol. The lowest BCUT2D eigenvalue weighted by atomic mass is 9.71. The number of benzene rings is 1. The molecule has 5 nitrogen and oxygen atoms in total. The van der Waals surface area contributed by atoms with Crippen molar-refractivity contribution in [2.45, 2.75) is 48.9 Å². The van der Waals surface area contributed by atoms with Gasteiger partial charge in [-0.2, -0.15) is 0 Å². The first-order valence-corrected chi connectivity index (χ1v) is 14.5. The number of thioether (sulfide) groups is 1. The number of nitrogens with zero attached hydrogens (tertiary/aromatic N) is 2. The number of aromatic nitrogens is 1. The summed E-state index contributed by atoms with van der Waals surface area (Å²) in [6.45, 7) is 2.71. The van der Waals surface area contributed by atoms with Crippen LogP contribution >= 0.6 is 34.7 Å². The Morgan fingerprint density at radius 3 is 2.86 bits per heavy atom. The van der Waals surface area contributed by atoms with Gasteiger partial charge in [0.2, 0.25) is 0 Å². The molecule has 194 valence electrons. The van der Waals surface area contributed by atoms with Crippen molar-refractivity contribution in [2.24, 2.45) is 5.41 Å². The summed E-state index contributed by atoms with van der Waals surface area (Å²) < 4.78 is 22.4. The molecule has 1 aliphatic heterocycles. The van der Waals surface area contributed by atoms with Gasteiger partial charge in [0.1, 0.15) is 11.9 Å². The van der Waals surface area contributed by atoms with Gasteiger partial charge < -0.3 is 14.7 Å². The molecule has 36 heavy (non-hydrogen) atoms. The lowest BCUT2D eigenvalue weighted by Gasteiger charge is -2.41. The highest BCUT2D eigenvalue weighted by Gasteiger charge is 2.37. The summed E-state index contributed by atoms with van der Waals surface area (Å²) in [5.41, 5.74) is 0.668. The number of rotatable bonds is 12. The number of carboxylic acids is 1. The summed E-state index contributed by atoms with van der Waals surface area (Å²) in [4.78, 5) is 18.5. The Morgan fingerprint density at radius 1 is 1.36 bits per heavy atom. The van der Waals surface area contributed by atoms with Gasteiger partial charge in [-0.3, -0.25) is 9.78 Å². The second kappa shape index (κ2) is 12.6. The van der Waals surface area contributed by atoms with Crippen LogP contribution in [0.15, 0.2) is 46.1 Å². The van der Waals surface area contributed by atoms with Gasteiger partial charge in [0, 0.05) is 22.9 Å². The zero-order valence-corrected chi connectivity index (χ0v) is 22.8. The minimum absolute atomic E-state index is 0.0699. The van der Waals surface area contributed by atoms with Crippen LogP contribution in [0.4, 0.5) is 4.39 Å². The van der Waals surface area contributed by atoms with E-state index in [4.69, 9.17) is 16.3 Å². The molecule has 1 aromatic carbocycles. The van der Waals surface area contributed by atoms with Crippen LogP contribution in [0.25, 0.3) is 10.9 Å². The molecule has 0 unspecified atom stereocenters. The van der Waals surface area contributed by atoms with Crippen LogP contribution in [0.3, 0.4) is 0 Å². The van der Waals surface area contributed by atoms with Crippen LogP contribution in [-0.2, 0) is 4.79 Å². The van der Waals surface area contributed by atoms with Gasteiger partial charge in [0.05, 0.1) is 28.3 Å². The number of ether oxygens (including phenoxy) is 1. The van der Waals surface area contributed by atoms with E-state index in [9.17, 15) is 9.90 Å². The molecule has 9 heteroatoms. The number of halogens is 2. The number of thiophene rings is 1. The summed E-state index contributed by atoms with van der Waals surface area (Å²) in [5, 5.41) is 12.6. The SMILES string of the molecule is COc1ccc2ncc(Cl)c([C@@H](F)CCC3(CC(=O)O)CCN(CCCSc4cccs4)CC3)c2c1. The van der Waals surface area contributed by atoms with Crippen molar-refractivity contribution < 1.29 is 19.0 Å². The summed E-state index contributed by atoms with van der Waals surface area (Å²) in [6.07, 6.45) is 3.60. The molecule has 0 amide bonds. The van der Waals surface area contributed by atoms with Gasteiger partial charge in [-0.05, 0) is 86.8 Å². The van der Waals surface area contributed by atoms with E-state index in [2.05, 4.69) is 27.4 Å². The van der Waals surface area contributed by atoms with Gasteiger partial charge in [-0.25, -0.2) is 4.39 Å². The Morgan fingerprint density at radius 2 is 2.17 bits per heavy atom. The molecular formula is C27H32ClFN2O3S2. The van der Waals surface area contributed by atoms with Crippen molar-refractivity contribution in [1.82, 2.24) is 9.88 Å². The van der Waals surface area contributed by atoms with Crippen molar-refractivity contribution >= 4 is 51.6 Å². The number of piperidine rings is 1. The van der Waals surface area contributed by atoms with Gasteiger partial charge in [-0.1, -0.05) is 17.7 Å². The third-order valence-electron chi connectivity index (χ3n) is 7.11. The number of pyridine rings is 1. The highest BCUT2D eigenvalue weighted by atomic mass is 35.5. The van der Waals surface area contributed by atoms with Crippen LogP contribution in [0.1, 0.15) is 50.3 Å². The van der Waals surface area contributed by atoms with Crippen LogP contribution in [0.5, 0.6) is 5.75 Å². The number of fused-ring (bicyclic) bond motifs is 1. The maximum atomic E-state index is 15.7. The molecule has 0 bridgehead atoms. The Balaban J connectivity index is 1.37. The van der Waals surface area contributed by atoms with Gasteiger partial charge >= 0.3 is 5.97 Å². The van der Waals surface area contributed by atoms with Gasteiger partial charge in [0.25, 0.3) is 0 Å². The Bertz CT molecular complexity index is 1150. The third kappa shape index (κ3) is 6.91. The van der Waals surface area contributed by atoms with Crippen LogP contribution in [0, 0.1) is 5.41 Å². The quantitative estimate of drug-likeness (QED) is 0.186. The number of hydrogen-bond donors (Lipinski definition) is 1. The number of carboxylic acid groups (broad SMARTS) is 1. The van der Waals surface area contributed by atoms with E-state index < -0.39 is 17.6 Å². The third-order valence-corrected chi connectivity index (χ3v) is 9.63. The monoisotopic (exact) mass is 550 g/mol. The number of likely N-dealkylation sites (tertiary alicyclic amines) is 1. The molecule has 4 rings (SSSR count). The smallest absolute Gasteiger partial charge is 0.303 e. The fraction of sp³-hybridized carbons (Fsp3) is 0.481. The number of alkyl halides is 1. The van der Waals surface area contributed by atoms with Crippen LogP contribution in [0.2, 0.25) is 5.02 Å². The van der Waals surface area contributed by atoms with Crippen LogP contribution in [-0.4, -0.2) is 53.5 Å². The van der Waals surface area contributed by atoms with E-state index >= 15 is 4.39 Å². The van der Waals surface area contributed by atoms with Gasteiger partial charge in [-0.15, -0.1) is 23.1 Å². The zero-order chi connectivity index (χ0) is 25.5. The highest BCUT2D eigenvalue weighted by molar-refractivity contribution is 8.01. The number of carbonyl (C=O) groups is 1. The largest absolute Gasteiger partial charge is 0.497 e. The molecule has 1 saturated heterocycles. The number of hydrogen-bond acceptors (Lipinski definition) is 6. The first kappa shape index (κ1) is 27.2. The van der Waals surface area contributed by atoms with Crippen molar-refractivity contribution in [3.63, 3.8) is 0 Å².